The molecule has 0 fully saturated rings. The van der Waals surface area contributed by atoms with Crippen LogP contribution >= 0.6 is 0 Å². The molecule has 0 heterocycles. The molecule has 0 bridgehead atoms. The van der Waals surface area contributed by atoms with Gasteiger partial charge in [0, 0.05) is 5.56 Å². The van der Waals surface area contributed by atoms with Gasteiger partial charge in [0.2, 0.25) is 0 Å². The van der Waals surface area contributed by atoms with Crippen molar-refractivity contribution >= 4 is 23.3 Å². The fraction of sp³-hybridized carbons (Fsp3) is 0. The predicted molar refractivity (Wildman–Crippen MR) is 73.3 cm³/mol. The first-order chi connectivity index (χ1) is 10.1. The lowest BCUT2D eigenvalue weighted by atomic mass is 10.2. The minimum absolute atomic E-state index is 0.111. The van der Waals surface area contributed by atoms with Gasteiger partial charge < -0.3 is 5.11 Å². The van der Waals surface area contributed by atoms with E-state index in [1.165, 1.54) is 29.7 Å². The van der Waals surface area contributed by atoms with E-state index in [1.54, 1.807) is 24.3 Å². The predicted octanol–water partition coefficient (Wildman–Crippen LogP) is 2.92. The molecule has 2 aromatic carbocycles. The van der Waals surface area contributed by atoms with E-state index in [1.807, 2.05) is 0 Å². The Morgan fingerprint density at radius 1 is 0.905 bits per heavy atom. The molecule has 0 spiro atoms. The molecule has 21 heavy (non-hydrogen) atoms. The van der Waals surface area contributed by atoms with E-state index in [-0.39, 0.29) is 11.1 Å². The highest BCUT2D eigenvalue weighted by Gasteiger charge is 2.05. The number of hydroxylamine groups is 1. The maximum absolute atomic E-state index is 11.3. The minimum atomic E-state index is -1.05. The molecule has 0 saturated carbocycles. The molecule has 0 atom stereocenters. The first kappa shape index (κ1) is 14.4. The number of carboxylic acids is 1. The number of carbonyl (C=O) groups excluding carboxylic acids is 1. The maximum Gasteiger partial charge on any atom is 0.335 e. The van der Waals surface area contributed by atoms with Gasteiger partial charge in [-0.25, -0.2) is 10.3 Å². The van der Waals surface area contributed by atoms with Gasteiger partial charge in [-0.3, -0.25) is 10.0 Å². The van der Waals surface area contributed by atoms with Crippen LogP contribution in [-0.2, 0) is 0 Å². The van der Waals surface area contributed by atoms with E-state index in [4.69, 9.17) is 10.3 Å². The second kappa shape index (κ2) is 6.40. The molecule has 2 aromatic rings. The molecule has 0 aliphatic heterocycles. The number of hydrogen-bond acceptors (Lipinski definition) is 5. The summed E-state index contributed by atoms with van der Waals surface area (Å²) in [6.45, 7) is 0. The lowest BCUT2D eigenvalue weighted by molar-refractivity contribution is 0.0693. The molecular formula is C14H11N3O4. The number of benzene rings is 2. The lowest BCUT2D eigenvalue weighted by Crippen LogP contribution is -2.18. The highest BCUT2D eigenvalue weighted by molar-refractivity contribution is 5.94. The summed E-state index contributed by atoms with van der Waals surface area (Å²) in [6.07, 6.45) is 0. The van der Waals surface area contributed by atoms with Crippen LogP contribution in [0.4, 0.5) is 11.4 Å². The molecule has 2 rings (SSSR count). The van der Waals surface area contributed by atoms with Crippen LogP contribution in [0.1, 0.15) is 20.7 Å². The average Bonchev–Trinajstić information content (AvgIpc) is 2.52. The number of nitrogens with zero attached hydrogens (tertiary/aromatic N) is 2. The third-order valence-electron chi connectivity index (χ3n) is 2.58. The van der Waals surface area contributed by atoms with Crippen LogP contribution in [-0.4, -0.2) is 22.2 Å². The van der Waals surface area contributed by atoms with Crippen molar-refractivity contribution in [3.63, 3.8) is 0 Å². The van der Waals surface area contributed by atoms with Crippen LogP contribution < -0.4 is 5.48 Å². The van der Waals surface area contributed by atoms with Gasteiger partial charge in [0.15, 0.2) is 0 Å². The van der Waals surface area contributed by atoms with Crippen LogP contribution in [0.15, 0.2) is 58.8 Å². The topological polar surface area (TPSA) is 111 Å². The Labute approximate surface area is 119 Å². The number of carbonyl (C=O) groups is 2. The van der Waals surface area contributed by atoms with Gasteiger partial charge in [0.05, 0.1) is 16.9 Å². The van der Waals surface area contributed by atoms with Crippen molar-refractivity contribution < 1.29 is 19.9 Å². The third-order valence-corrected chi connectivity index (χ3v) is 2.58. The molecule has 0 unspecified atom stereocenters. The van der Waals surface area contributed by atoms with E-state index in [0.717, 1.165) is 0 Å². The highest BCUT2D eigenvalue weighted by atomic mass is 16.5. The van der Waals surface area contributed by atoms with E-state index >= 15 is 0 Å². The van der Waals surface area contributed by atoms with Gasteiger partial charge in [-0.15, -0.1) is 0 Å². The van der Waals surface area contributed by atoms with Crippen molar-refractivity contribution in [3.05, 3.63) is 59.7 Å². The van der Waals surface area contributed by atoms with Crippen LogP contribution in [0.25, 0.3) is 0 Å². The monoisotopic (exact) mass is 285 g/mol. The van der Waals surface area contributed by atoms with Gasteiger partial charge in [-0.05, 0) is 36.4 Å². The fourth-order valence-corrected chi connectivity index (χ4v) is 1.59. The second-order valence-electron chi connectivity index (χ2n) is 4.05. The Morgan fingerprint density at radius 2 is 1.43 bits per heavy atom. The Balaban J connectivity index is 2.23. The van der Waals surface area contributed by atoms with Gasteiger partial charge >= 0.3 is 5.97 Å². The van der Waals surface area contributed by atoms with Crippen LogP contribution in [0.3, 0.4) is 0 Å². The second-order valence-corrected chi connectivity index (χ2v) is 4.05. The standard InChI is InChI=1S/C14H11N3O4/c18-13(17-21)9-3-1-5-11(7-9)15-16-12-6-2-4-10(8-12)14(19)20/h1-8,21H,(H,17,18)(H,19,20). The van der Waals surface area contributed by atoms with Crippen molar-refractivity contribution in [3.8, 4) is 0 Å². The van der Waals surface area contributed by atoms with E-state index in [0.29, 0.717) is 11.4 Å². The molecule has 3 N–H and O–H groups in total. The number of hydrogen-bond donors (Lipinski definition) is 3. The largest absolute Gasteiger partial charge is 0.478 e. The Kier molecular flexibility index (Phi) is 4.37. The molecule has 0 aliphatic rings. The highest BCUT2D eigenvalue weighted by Crippen LogP contribution is 2.20. The first-order valence-corrected chi connectivity index (χ1v) is 5.90. The molecular weight excluding hydrogens is 274 g/mol. The molecule has 0 saturated heterocycles. The summed E-state index contributed by atoms with van der Waals surface area (Å²) in [7, 11) is 0. The number of carboxylic acid groups (broad SMARTS) is 1. The van der Waals surface area contributed by atoms with E-state index < -0.39 is 11.9 Å². The Morgan fingerprint density at radius 3 is 1.95 bits per heavy atom. The number of rotatable bonds is 4. The van der Waals surface area contributed by atoms with Gasteiger partial charge in [0.1, 0.15) is 0 Å². The molecule has 7 nitrogen and oxygen atoms in total. The molecule has 0 aliphatic carbocycles. The average molecular weight is 285 g/mol. The Hall–Kier alpha value is -3.06. The van der Waals surface area contributed by atoms with Crippen molar-refractivity contribution in [2.24, 2.45) is 10.2 Å². The number of amides is 1. The lowest BCUT2D eigenvalue weighted by Gasteiger charge is -1.99. The molecule has 0 radical (unpaired) electrons. The SMILES string of the molecule is O=C(O)c1cccc(N=Nc2cccc(C(=O)NO)c2)c1. The molecule has 106 valence electrons. The van der Waals surface area contributed by atoms with Gasteiger partial charge in [-0.2, -0.15) is 10.2 Å². The zero-order valence-corrected chi connectivity index (χ0v) is 10.7. The van der Waals surface area contributed by atoms with Gasteiger partial charge in [-0.1, -0.05) is 12.1 Å². The quantitative estimate of drug-likeness (QED) is 0.455. The summed E-state index contributed by atoms with van der Waals surface area (Å²) < 4.78 is 0. The Bertz CT molecular complexity index is 713. The van der Waals surface area contributed by atoms with Crippen LogP contribution in [0.5, 0.6) is 0 Å². The summed E-state index contributed by atoms with van der Waals surface area (Å²) in [5, 5.41) is 25.3. The summed E-state index contributed by atoms with van der Waals surface area (Å²) in [5.74, 6) is -1.70. The van der Waals surface area contributed by atoms with E-state index in [9.17, 15) is 9.59 Å². The summed E-state index contributed by atoms with van der Waals surface area (Å²) >= 11 is 0. The normalized spacial score (nSPS) is 10.5. The maximum atomic E-state index is 11.3. The number of azo groups is 1. The fourth-order valence-electron chi connectivity index (χ4n) is 1.59. The van der Waals surface area contributed by atoms with Crippen LogP contribution in [0, 0.1) is 0 Å². The molecule has 0 aromatic heterocycles. The third kappa shape index (κ3) is 3.71. The van der Waals surface area contributed by atoms with Crippen molar-refractivity contribution in [1.29, 1.82) is 0 Å². The molecule has 1 amide bonds. The smallest absolute Gasteiger partial charge is 0.335 e. The van der Waals surface area contributed by atoms with Crippen molar-refractivity contribution in [2.75, 3.05) is 0 Å². The zero-order chi connectivity index (χ0) is 15.2. The summed E-state index contributed by atoms with van der Waals surface area (Å²) in [5.41, 5.74) is 2.65. The minimum Gasteiger partial charge on any atom is -0.478 e. The zero-order valence-electron chi connectivity index (χ0n) is 10.7. The van der Waals surface area contributed by atoms with Crippen LogP contribution in [0.2, 0.25) is 0 Å². The van der Waals surface area contributed by atoms with E-state index in [2.05, 4.69) is 10.2 Å². The first-order valence-electron chi connectivity index (χ1n) is 5.90. The van der Waals surface area contributed by atoms with Gasteiger partial charge in [0.25, 0.3) is 5.91 Å². The molecule has 7 heteroatoms. The van der Waals surface area contributed by atoms with Crippen molar-refractivity contribution in [2.45, 2.75) is 0 Å². The summed E-state index contributed by atoms with van der Waals surface area (Å²) in [4.78, 5) is 22.1. The number of nitrogens with one attached hydrogen (secondary N) is 1. The van der Waals surface area contributed by atoms with Crippen molar-refractivity contribution in [1.82, 2.24) is 5.48 Å². The number of aromatic carboxylic acids is 1. The summed E-state index contributed by atoms with van der Waals surface area (Å²) in [6, 6.07) is 12.2.